The number of benzene rings is 1. The molecule has 1 fully saturated rings. The van der Waals surface area contributed by atoms with Crippen LogP contribution in [0.15, 0.2) is 24.3 Å². The second-order valence-electron chi connectivity index (χ2n) is 7.23. The van der Waals surface area contributed by atoms with E-state index in [1.165, 1.54) is 19.3 Å². The van der Waals surface area contributed by atoms with Crippen LogP contribution >= 0.6 is 0 Å². The molecular formula is C20H24O7. The van der Waals surface area contributed by atoms with Crippen LogP contribution in [0.4, 0.5) is 0 Å². The summed E-state index contributed by atoms with van der Waals surface area (Å²) in [5.41, 5.74) is 0.692. The molecule has 0 bridgehead atoms. The second kappa shape index (κ2) is 7.80. The van der Waals surface area contributed by atoms with Crippen molar-refractivity contribution in [1.29, 1.82) is 0 Å². The van der Waals surface area contributed by atoms with E-state index in [2.05, 4.69) is 0 Å². The molecular weight excluding hydrogens is 352 g/mol. The summed E-state index contributed by atoms with van der Waals surface area (Å²) in [6.07, 6.45) is -0.285. The molecule has 27 heavy (non-hydrogen) atoms. The van der Waals surface area contributed by atoms with Crippen LogP contribution in [0, 0.1) is 5.92 Å². The minimum atomic E-state index is -1.52. The van der Waals surface area contributed by atoms with Gasteiger partial charge in [0.1, 0.15) is 23.7 Å². The summed E-state index contributed by atoms with van der Waals surface area (Å²) in [6, 6.07) is 3.03. The van der Waals surface area contributed by atoms with Crippen molar-refractivity contribution >= 4 is 11.6 Å². The molecule has 0 spiro atoms. The molecule has 0 aromatic heterocycles. The van der Waals surface area contributed by atoms with Crippen LogP contribution in [0.2, 0.25) is 0 Å². The summed E-state index contributed by atoms with van der Waals surface area (Å²) in [5.74, 6) is -0.647. The quantitative estimate of drug-likeness (QED) is 0.639. The van der Waals surface area contributed by atoms with Crippen LogP contribution in [0.5, 0.6) is 11.5 Å². The number of carbonyl (C=O) groups excluding carboxylic acids is 2. The maximum absolute atomic E-state index is 12.8. The van der Waals surface area contributed by atoms with E-state index < -0.39 is 30.2 Å². The molecule has 1 heterocycles. The lowest BCUT2D eigenvalue weighted by Gasteiger charge is -2.16. The molecule has 0 unspecified atom stereocenters. The fraction of sp³-hybridized carbons (Fsp3) is 0.500. The highest BCUT2D eigenvalue weighted by Crippen LogP contribution is 2.46. The average Bonchev–Trinajstić information content (AvgIpc) is 3.38. The highest BCUT2D eigenvalue weighted by molar-refractivity contribution is 6.00. The van der Waals surface area contributed by atoms with Crippen molar-refractivity contribution in [3.8, 4) is 11.5 Å². The average molecular weight is 376 g/mol. The fourth-order valence-electron chi connectivity index (χ4n) is 3.44. The number of aliphatic hydroxyl groups excluding tert-OH is 2. The number of phenols is 1. The first-order valence-corrected chi connectivity index (χ1v) is 8.97. The number of Topliss-reactive ketones (excluding diaryl/α,β-unsaturated/α-hetero) is 1. The van der Waals surface area contributed by atoms with E-state index in [-0.39, 0.29) is 35.9 Å². The summed E-state index contributed by atoms with van der Waals surface area (Å²) < 4.78 is 10.8. The smallest absolute Gasteiger partial charge is 0.186 e. The summed E-state index contributed by atoms with van der Waals surface area (Å²) in [7, 11) is 1.46. The van der Waals surface area contributed by atoms with Crippen molar-refractivity contribution in [1.82, 2.24) is 0 Å². The molecule has 0 amide bonds. The van der Waals surface area contributed by atoms with Crippen molar-refractivity contribution < 1.29 is 34.4 Å². The molecule has 1 aromatic carbocycles. The van der Waals surface area contributed by atoms with E-state index >= 15 is 0 Å². The van der Waals surface area contributed by atoms with Gasteiger partial charge in [0.2, 0.25) is 0 Å². The SMILES string of the molecule is COc1cc(O)c2c(c1)[C@H]1O[C@H]1C[C@@H](O)[C@H](O)C(=O)/C=C\C[C@H](C)CC2=O. The summed E-state index contributed by atoms with van der Waals surface area (Å²) in [6.45, 7) is 1.86. The molecule has 0 saturated carbocycles. The number of methoxy groups -OCH3 is 1. The van der Waals surface area contributed by atoms with Crippen molar-refractivity contribution in [3.63, 3.8) is 0 Å². The molecule has 2 aliphatic rings. The predicted molar refractivity (Wildman–Crippen MR) is 95.8 cm³/mol. The first-order valence-electron chi connectivity index (χ1n) is 8.97. The Kier molecular flexibility index (Phi) is 5.64. The van der Waals surface area contributed by atoms with Crippen LogP contribution in [0.1, 0.15) is 48.2 Å². The summed E-state index contributed by atoms with van der Waals surface area (Å²) in [5, 5.41) is 30.5. The molecule has 3 N–H and O–H groups in total. The Morgan fingerprint density at radius 1 is 1.22 bits per heavy atom. The van der Waals surface area contributed by atoms with Crippen LogP contribution in [-0.4, -0.2) is 52.3 Å². The van der Waals surface area contributed by atoms with Gasteiger partial charge in [0.05, 0.1) is 24.9 Å². The van der Waals surface area contributed by atoms with Crippen LogP contribution in [0.3, 0.4) is 0 Å². The number of aromatic hydroxyl groups is 1. The van der Waals surface area contributed by atoms with Gasteiger partial charge in [-0.15, -0.1) is 0 Å². The molecule has 1 aliphatic heterocycles. The zero-order valence-electron chi connectivity index (χ0n) is 15.3. The number of hydrogen-bond donors (Lipinski definition) is 3. The second-order valence-corrected chi connectivity index (χ2v) is 7.23. The highest BCUT2D eigenvalue weighted by Gasteiger charge is 2.45. The van der Waals surface area contributed by atoms with Gasteiger partial charge in [0, 0.05) is 24.5 Å². The first kappa shape index (κ1) is 19.5. The maximum atomic E-state index is 12.8. The van der Waals surface area contributed by atoms with Crippen LogP contribution in [-0.2, 0) is 9.53 Å². The number of ketones is 2. The van der Waals surface area contributed by atoms with Gasteiger partial charge in [-0.25, -0.2) is 0 Å². The molecule has 1 aromatic rings. The number of fused-ring (bicyclic) bond motifs is 3. The Balaban J connectivity index is 1.98. The number of phenolic OH excluding ortho intramolecular Hbond substituents is 1. The van der Waals surface area contributed by atoms with Gasteiger partial charge >= 0.3 is 0 Å². The van der Waals surface area contributed by atoms with Crippen molar-refractivity contribution in [2.45, 2.75) is 50.6 Å². The van der Waals surface area contributed by atoms with E-state index in [0.717, 1.165) is 0 Å². The number of carbonyl (C=O) groups is 2. The Bertz CT molecular complexity index is 770. The normalized spacial score (nSPS) is 32.8. The lowest BCUT2D eigenvalue weighted by atomic mass is 9.90. The zero-order chi connectivity index (χ0) is 19.7. The van der Waals surface area contributed by atoms with Gasteiger partial charge in [-0.2, -0.15) is 0 Å². The van der Waals surface area contributed by atoms with E-state index in [1.54, 1.807) is 12.1 Å². The molecule has 7 heteroatoms. The Hall–Kier alpha value is -2.22. The Morgan fingerprint density at radius 3 is 2.67 bits per heavy atom. The molecule has 1 aliphatic carbocycles. The monoisotopic (exact) mass is 376 g/mol. The van der Waals surface area contributed by atoms with E-state index in [4.69, 9.17) is 9.47 Å². The van der Waals surface area contributed by atoms with Gasteiger partial charge in [-0.1, -0.05) is 13.0 Å². The number of epoxide rings is 1. The minimum absolute atomic E-state index is 0.0351. The lowest BCUT2D eigenvalue weighted by Crippen LogP contribution is -2.34. The zero-order valence-corrected chi connectivity index (χ0v) is 15.3. The number of allylic oxidation sites excluding steroid dienone is 1. The summed E-state index contributed by atoms with van der Waals surface area (Å²) >= 11 is 0. The highest BCUT2D eigenvalue weighted by atomic mass is 16.6. The standard InChI is InChI=1S/C20H24O7/c1-10-4-3-5-13(21)19(25)16(24)9-17-20(27-17)12-7-11(26-2)8-15(23)18(12)14(22)6-10/h3,5,7-8,10,16-17,19-20,23-25H,4,6,9H2,1-2H3/b5-3-/t10-,16+,17-,19+,20+/m0/s1. The van der Waals surface area contributed by atoms with E-state index in [0.29, 0.717) is 17.7 Å². The van der Waals surface area contributed by atoms with Crippen molar-refractivity contribution in [2.24, 2.45) is 5.92 Å². The van der Waals surface area contributed by atoms with E-state index in [1.807, 2.05) is 6.92 Å². The number of aliphatic hydroxyl groups is 2. The minimum Gasteiger partial charge on any atom is -0.507 e. The lowest BCUT2D eigenvalue weighted by molar-refractivity contribution is -0.128. The Morgan fingerprint density at radius 2 is 1.96 bits per heavy atom. The third-order valence-electron chi connectivity index (χ3n) is 5.01. The third kappa shape index (κ3) is 4.21. The van der Waals surface area contributed by atoms with Gasteiger partial charge in [-0.3, -0.25) is 9.59 Å². The van der Waals surface area contributed by atoms with Gasteiger partial charge in [0.25, 0.3) is 0 Å². The Labute approximate surface area is 157 Å². The maximum Gasteiger partial charge on any atom is 0.186 e. The van der Waals surface area contributed by atoms with E-state index in [9.17, 15) is 24.9 Å². The topological polar surface area (TPSA) is 117 Å². The molecule has 0 radical (unpaired) electrons. The van der Waals surface area contributed by atoms with Gasteiger partial charge in [-0.05, 0) is 24.5 Å². The summed E-state index contributed by atoms with van der Waals surface area (Å²) in [4.78, 5) is 24.8. The van der Waals surface area contributed by atoms with Gasteiger partial charge < -0.3 is 24.8 Å². The molecule has 1 saturated heterocycles. The largest absolute Gasteiger partial charge is 0.507 e. The van der Waals surface area contributed by atoms with Gasteiger partial charge in [0.15, 0.2) is 11.6 Å². The molecule has 146 valence electrons. The van der Waals surface area contributed by atoms with Crippen LogP contribution in [0.25, 0.3) is 0 Å². The number of ether oxygens (including phenoxy) is 2. The molecule has 7 nitrogen and oxygen atoms in total. The first-order chi connectivity index (χ1) is 12.8. The van der Waals surface area contributed by atoms with Crippen LogP contribution < -0.4 is 4.74 Å². The number of hydrogen-bond acceptors (Lipinski definition) is 7. The fourth-order valence-corrected chi connectivity index (χ4v) is 3.44. The number of rotatable bonds is 1. The van der Waals surface area contributed by atoms with Crippen molar-refractivity contribution in [2.75, 3.05) is 7.11 Å². The molecule has 3 rings (SSSR count). The molecule has 5 atom stereocenters. The predicted octanol–water partition coefficient (Wildman–Crippen LogP) is 1.69. The third-order valence-corrected chi connectivity index (χ3v) is 5.01. The van der Waals surface area contributed by atoms with Crippen molar-refractivity contribution in [3.05, 3.63) is 35.4 Å².